The molecule has 0 rings (SSSR count). The molecule has 0 aliphatic heterocycles. The minimum Gasteiger partial charge on any atom is -0.116 e. The van der Waals surface area contributed by atoms with Gasteiger partial charge >= 0.3 is 0 Å². The average molecular weight is 333 g/mol. The van der Waals surface area contributed by atoms with Gasteiger partial charge in [0.15, 0.2) is 0 Å². The predicted octanol–water partition coefficient (Wildman–Crippen LogP) is 0.989. The Morgan fingerprint density at radius 3 is 1.60 bits per heavy atom. The van der Waals surface area contributed by atoms with Crippen LogP contribution < -0.4 is 0 Å². The van der Waals surface area contributed by atoms with Gasteiger partial charge in [-0.2, -0.15) is 0 Å². The van der Waals surface area contributed by atoms with Crippen molar-refractivity contribution in [2.45, 2.75) is 0 Å². The van der Waals surface area contributed by atoms with Gasteiger partial charge in [-0.3, -0.25) is 0 Å². The fraction of sp³-hybridized carbons (Fsp3) is 0.500. The van der Waals surface area contributed by atoms with Gasteiger partial charge in [0.1, 0.15) is 0 Å². The van der Waals surface area contributed by atoms with Gasteiger partial charge in [-0.1, -0.05) is 6.30 Å². The molecule has 0 bridgehead atoms. The summed E-state index contributed by atoms with van der Waals surface area (Å²) in [5.74, 6) is 0. The van der Waals surface area contributed by atoms with Crippen molar-refractivity contribution in [1.82, 2.24) is 0 Å². The number of hydrogen-bond donors (Lipinski definition) is 0. The molecule has 0 aromatic rings. The molecular formula is C2H5PWY. The Hall–Kier alpha value is 1.96. The molecule has 3 heteroatoms. The van der Waals surface area contributed by atoms with Crippen LogP contribution in [0.15, 0.2) is 0 Å². The monoisotopic (exact) mass is 333 g/mol. The summed E-state index contributed by atoms with van der Waals surface area (Å²) in [6.45, 7) is 1.99. The van der Waals surface area contributed by atoms with Crippen LogP contribution in [0.3, 0.4) is 0 Å². The third-order valence-corrected chi connectivity index (χ3v) is 0. The molecule has 0 N–H and O–H groups in total. The maximum absolute atomic E-state index is 3.46. The van der Waals surface area contributed by atoms with Crippen LogP contribution >= 0.6 is 8.20 Å². The summed E-state index contributed by atoms with van der Waals surface area (Å²) in [7, 11) is 1.17. The molecule has 0 aromatic heterocycles. The third kappa shape index (κ3) is 24.3. The van der Waals surface area contributed by atoms with E-state index >= 15 is 0 Å². The van der Waals surface area contributed by atoms with Crippen molar-refractivity contribution in [3.05, 3.63) is 0 Å². The topological polar surface area (TPSA) is 0 Å². The molecule has 0 fully saturated rings. The van der Waals surface area contributed by atoms with Gasteiger partial charge in [0, 0.05) is 53.8 Å². The van der Waals surface area contributed by atoms with Crippen LogP contribution in [0.25, 0.3) is 0 Å². The molecule has 0 saturated heterocycles. The molecular weight excluding hydrogens is 328 g/mol. The van der Waals surface area contributed by atoms with Crippen LogP contribution in [-0.2, 0) is 53.8 Å². The van der Waals surface area contributed by atoms with E-state index in [0.717, 1.165) is 0 Å². The van der Waals surface area contributed by atoms with E-state index in [4.69, 9.17) is 0 Å². The molecule has 0 spiro atoms. The SMILES string of the molecule is C=PC.[W].[Y]. The molecule has 0 unspecified atom stereocenters. The summed E-state index contributed by atoms with van der Waals surface area (Å²) in [6, 6.07) is 0. The van der Waals surface area contributed by atoms with Crippen molar-refractivity contribution in [3.63, 3.8) is 0 Å². The minimum atomic E-state index is 0. The smallest absolute Gasteiger partial charge is 0 e. The zero-order valence-electron chi connectivity index (χ0n) is 3.14. The first-order valence-electron chi connectivity index (χ1n) is 0.763. The molecule has 0 aliphatic carbocycles. The van der Waals surface area contributed by atoms with E-state index in [9.17, 15) is 0 Å². The van der Waals surface area contributed by atoms with Gasteiger partial charge in [0.05, 0.1) is 0 Å². The Balaban J connectivity index is -0.0000000200. The molecule has 0 heterocycles. The van der Waals surface area contributed by atoms with E-state index in [1.807, 2.05) is 6.66 Å². The van der Waals surface area contributed by atoms with Gasteiger partial charge in [-0.25, -0.2) is 0 Å². The first-order valence-corrected chi connectivity index (χ1v) is 2.29. The van der Waals surface area contributed by atoms with E-state index < -0.39 is 0 Å². The minimum absolute atomic E-state index is 0. The second kappa shape index (κ2) is 16.7. The Kier molecular flexibility index (Phi) is 52.8. The van der Waals surface area contributed by atoms with E-state index in [1.54, 1.807) is 0 Å². The van der Waals surface area contributed by atoms with Crippen molar-refractivity contribution in [1.29, 1.82) is 0 Å². The van der Waals surface area contributed by atoms with Crippen LogP contribution in [0.2, 0.25) is 0 Å². The standard InChI is InChI=1S/C2H5P.W.Y/c1-3-2;;/h1H2,2H3;;. The Morgan fingerprint density at radius 2 is 1.60 bits per heavy atom. The quantitative estimate of drug-likeness (QED) is 0.580. The Bertz CT molecular complexity index is 17.1. The van der Waals surface area contributed by atoms with Crippen LogP contribution in [0, 0.1) is 0 Å². The average Bonchev–Trinajstić information content (AvgIpc) is 0.918. The van der Waals surface area contributed by atoms with Gasteiger partial charge < -0.3 is 0 Å². The summed E-state index contributed by atoms with van der Waals surface area (Å²) in [6.07, 6.45) is 3.46. The van der Waals surface area contributed by atoms with Crippen molar-refractivity contribution >= 4 is 14.5 Å². The fourth-order valence-corrected chi connectivity index (χ4v) is 0. The first-order chi connectivity index (χ1) is 1.41. The van der Waals surface area contributed by atoms with E-state index in [2.05, 4.69) is 6.30 Å². The first kappa shape index (κ1) is 15.8. The van der Waals surface area contributed by atoms with Crippen LogP contribution in [0.1, 0.15) is 0 Å². The molecule has 0 aliphatic rings. The maximum atomic E-state index is 3.46. The molecule has 5 heavy (non-hydrogen) atoms. The van der Waals surface area contributed by atoms with Crippen molar-refractivity contribution in [2.24, 2.45) is 0 Å². The molecule has 0 aromatic carbocycles. The second-order valence-corrected chi connectivity index (χ2v) is 0.949. The van der Waals surface area contributed by atoms with E-state index in [1.165, 1.54) is 8.20 Å². The van der Waals surface area contributed by atoms with Crippen LogP contribution in [0.5, 0.6) is 0 Å². The number of hydrogen-bond acceptors (Lipinski definition) is 0. The van der Waals surface area contributed by atoms with Crippen LogP contribution in [0.4, 0.5) is 0 Å². The molecule has 27 valence electrons. The van der Waals surface area contributed by atoms with Gasteiger partial charge in [-0.15, -0.1) is 8.20 Å². The fourth-order valence-electron chi connectivity index (χ4n) is 0. The normalized spacial score (nSPS) is 4.20. The molecule has 1 radical (unpaired) electrons. The Morgan fingerprint density at radius 1 is 1.60 bits per heavy atom. The maximum Gasteiger partial charge on any atom is 0 e. The zero-order chi connectivity index (χ0) is 2.71. The van der Waals surface area contributed by atoms with Crippen molar-refractivity contribution in [2.75, 3.05) is 6.66 Å². The number of rotatable bonds is 0. The molecule has 0 atom stereocenters. The predicted molar refractivity (Wildman–Crippen MR) is 20.0 cm³/mol. The van der Waals surface area contributed by atoms with Crippen LogP contribution in [-0.4, -0.2) is 13.0 Å². The Labute approximate surface area is 74.0 Å². The van der Waals surface area contributed by atoms with Gasteiger partial charge in [0.2, 0.25) is 0 Å². The second-order valence-electron chi connectivity index (χ2n) is 0.316. The van der Waals surface area contributed by atoms with Gasteiger partial charge in [-0.05, 0) is 6.66 Å². The molecule has 0 amide bonds. The molecule has 0 nitrogen and oxygen atoms in total. The summed E-state index contributed by atoms with van der Waals surface area (Å²) in [5.41, 5.74) is 0. The summed E-state index contributed by atoms with van der Waals surface area (Å²) < 4.78 is 0. The van der Waals surface area contributed by atoms with E-state index in [0.29, 0.717) is 0 Å². The van der Waals surface area contributed by atoms with Crippen molar-refractivity contribution in [3.8, 4) is 0 Å². The molecule has 0 saturated carbocycles. The largest absolute Gasteiger partial charge is 0.116 e. The van der Waals surface area contributed by atoms with E-state index in [-0.39, 0.29) is 53.8 Å². The zero-order valence-corrected chi connectivity index (χ0v) is 9.81. The van der Waals surface area contributed by atoms with Gasteiger partial charge in [0.25, 0.3) is 0 Å². The third-order valence-electron chi connectivity index (χ3n) is 0. The van der Waals surface area contributed by atoms with Crippen molar-refractivity contribution < 1.29 is 53.8 Å². The summed E-state index contributed by atoms with van der Waals surface area (Å²) in [4.78, 5) is 0. The summed E-state index contributed by atoms with van der Waals surface area (Å²) >= 11 is 0. The summed E-state index contributed by atoms with van der Waals surface area (Å²) in [5, 5.41) is 0.